The molecular weight excluding hydrogens is 657 g/mol. The molecule has 3 nitrogen and oxygen atoms in total. The van der Waals surface area contributed by atoms with Crippen molar-refractivity contribution >= 4 is 54.5 Å². The highest BCUT2D eigenvalue weighted by Gasteiger charge is 2.20. The lowest BCUT2D eigenvalue weighted by Gasteiger charge is -2.19. The number of aromatic nitrogens is 2. The van der Waals surface area contributed by atoms with Gasteiger partial charge in [-0.2, -0.15) is 0 Å². The topological polar surface area (TPSA) is 31.0 Å². The van der Waals surface area contributed by atoms with Crippen molar-refractivity contribution < 1.29 is 4.42 Å². The Morgan fingerprint density at radius 3 is 1.74 bits per heavy atom. The number of hydrogen-bond acceptors (Lipinski definition) is 2. The maximum Gasteiger partial charge on any atom is 0.145 e. The molecule has 0 bridgehead atoms. The van der Waals surface area contributed by atoms with Gasteiger partial charge >= 0.3 is 0 Å². The summed E-state index contributed by atoms with van der Waals surface area (Å²) in [4.78, 5) is 5.14. The Morgan fingerprint density at radius 2 is 0.926 bits per heavy atom. The van der Waals surface area contributed by atoms with Gasteiger partial charge in [0.15, 0.2) is 0 Å². The second-order valence-corrected chi connectivity index (χ2v) is 13.9. The van der Waals surface area contributed by atoms with Crippen LogP contribution < -0.4 is 0 Å². The van der Waals surface area contributed by atoms with Crippen LogP contribution in [0.5, 0.6) is 0 Å². The van der Waals surface area contributed by atoms with Crippen molar-refractivity contribution in [2.75, 3.05) is 0 Å². The highest BCUT2D eigenvalue weighted by molar-refractivity contribution is 6.22. The summed E-state index contributed by atoms with van der Waals surface area (Å²) in [5, 5.41) is 7.08. The summed E-state index contributed by atoms with van der Waals surface area (Å²) in [5.41, 5.74) is 13.1. The minimum Gasteiger partial charge on any atom is -0.456 e. The van der Waals surface area contributed by atoms with Crippen molar-refractivity contribution in [3.05, 3.63) is 194 Å². The third-order valence-electron chi connectivity index (χ3n) is 10.8. The average molecular weight is 689 g/mol. The highest BCUT2D eigenvalue weighted by Crippen LogP contribution is 2.46. The number of furan rings is 1. The van der Waals surface area contributed by atoms with E-state index >= 15 is 0 Å². The van der Waals surface area contributed by atoms with E-state index in [9.17, 15) is 0 Å². The number of fused-ring (bicyclic) bond motifs is 6. The number of hydrogen-bond donors (Lipinski definition) is 0. The van der Waals surface area contributed by atoms with Gasteiger partial charge in [-0.15, -0.1) is 0 Å². The lowest BCUT2D eigenvalue weighted by Crippen LogP contribution is -1.98. The van der Waals surface area contributed by atoms with Crippen molar-refractivity contribution in [1.29, 1.82) is 0 Å². The first-order valence-corrected chi connectivity index (χ1v) is 18.4. The van der Waals surface area contributed by atoms with Gasteiger partial charge in [-0.25, -0.2) is 4.98 Å². The lowest BCUT2D eigenvalue weighted by atomic mass is 9.84. The van der Waals surface area contributed by atoms with E-state index < -0.39 is 0 Å². The molecule has 0 amide bonds. The third-order valence-corrected chi connectivity index (χ3v) is 10.8. The Hall–Kier alpha value is -7.23. The molecule has 0 N–H and O–H groups in total. The van der Waals surface area contributed by atoms with Gasteiger partial charge in [0.25, 0.3) is 0 Å². The molecule has 0 saturated heterocycles. The van der Waals surface area contributed by atoms with Crippen molar-refractivity contribution in [3.63, 3.8) is 0 Å². The molecule has 3 heteroatoms. The molecule has 0 radical (unpaired) electrons. The van der Waals surface area contributed by atoms with Gasteiger partial charge in [0, 0.05) is 22.0 Å². The van der Waals surface area contributed by atoms with E-state index in [1.807, 2.05) is 12.1 Å². The summed E-state index contributed by atoms with van der Waals surface area (Å²) in [6.07, 6.45) is 0. The van der Waals surface area contributed by atoms with E-state index in [0.29, 0.717) is 0 Å². The molecule has 11 rings (SSSR count). The zero-order valence-corrected chi connectivity index (χ0v) is 29.3. The van der Waals surface area contributed by atoms with Crippen molar-refractivity contribution in [2.45, 2.75) is 0 Å². The molecule has 0 aliphatic heterocycles. The maximum atomic E-state index is 6.27. The molecule has 0 aliphatic carbocycles. The van der Waals surface area contributed by atoms with Crippen LogP contribution in [0.2, 0.25) is 0 Å². The van der Waals surface area contributed by atoms with Gasteiger partial charge in [0.05, 0.1) is 11.0 Å². The molecule has 0 atom stereocenters. The minimum absolute atomic E-state index is 0.897. The van der Waals surface area contributed by atoms with Gasteiger partial charge in [-0.1, -0.05) is 146 Å². The standard InChI is InChI=1S/C51H32N2O/c1-3-14-33(15-4-1)35-26-28-42-44(31-35)50(37-27-29-48-43(32-37)39-20-9-12-25-47(39)54-48)41-22-8-7-21-40(41)49(42)36-18-13-19-38(30-36)53-46-24-11-10-23-45(46)52-51(53)34-16-5-2-6-17-34/h1-32H. The highest BCUT2D eigenvalue weighted by atomic mass is 16.3. The molecule has 0 saturated carbocycles. The summed E-state index contributed by atoms with van der Waals surface area (Å²) in [5.74, 6) is 0.925. The van der Waals surface area contributed by atoms with E-state index in [4.69, 9.17) is 9.40 Å². The Bertz CT molecular complexity index is 3210. The van der Waals surface area contributed by atoms with Gasteiger partial charge in [-0.05, 0) is 103 Å². The Morgan fingerprint density at radius 1 is 0.352 bits per heavy atom. The third kappa shape index (κ3) is 4.79. The molecule has 0 aliphatic rings. The monoisotopic (exact) mass is 688 g/mol. The average Bonchev–Trinajstić information content (AvgIpc) is 3.82. The second-order valence-electron chi connectivity index (χ2n) is 13.9. The van der Waals surface area contributed by atoms with Gasteiger partial charge in [0.1, 0.15) is 17.0 Å². The molecular formula is C51H32N2O. The normalized spacial score (nSPS) is 11.7. The van der Waals surface area contributed by atoms with E-state index in [1.54, 1.807) is 0 Å². The number of nitrogens with zero attached hydrogens (tertiary/aromatic N) is 2. The van der Waals surface area contributed by atoms with Crippen LogP contribution in [0.15, 0.2) is 199 Å². The fourth-order valence-electron chi connectivity index (χ4n) is 8.36. The van der Waals surface area contributed by atoms with Gasteiger partial charge < -0.3 is 4.42 Å². The quantitative estimate of drug-likeness (QED) is 0.169. The predicted molar refractivity (Wildman–Crippen MR) is 225 cm³/mol. The van der Waals surface area contributed by atoms with Crippen LogP contribution in [0.3, 0.4) is 0 Å². The zero-order chi connectivity index (χ0) is 35.6. The summed E-state index contributed by atoms with van der Waals surface area (Å²) in [6.45, 7) is 0. The van der Waals surface area contributed by atoms with Crippen LogP contribution in [0.4, 0.5) is 0 Å². The zero-order valence-electron chi connectivity index (χ0n) is 29.3. The molecule has 252 valence electrons. The molecule has 9 aromatic carbocycles. The van der Waals surface area contributed by atoms with Gasteiger partial charge in [0.2, 0.25) is 0 Å². The van der Waals surface area contributed by atoms with Crippen LogP contribution in [-0.4, -0.2) is 9.55 Å². The van der Waals surface area contributed by atoms with Crippen LogP contribution in [0, 0.1) is 0 Å². The number of imidazole rings is 1. The molecule has 11 aromatic rings. The largest absolute Gasteiger partial charge is 0.456 e. The first-order chi connectivity index (χ1) is 26.8. The van der Waals surface area contributed by atoms with Crippen molar-refractivity contribution in [1.82, 2.24) is 9.55 Å². The number of rotatable bonds is 5. The van der Waals surface area contributed by atoms with Crippen LogP contribution in [0.1, 0.15) is 0 Å². The lowest BCUT2D eigenvalue weighted by molar-refractivity contribution is 0.669. The molecule has 2 aromatic heterocycles. The Balaban J connectivity index is 1.20. The summed E-state index contributed by atoms with van der Waals surface area (Å²) >= 11 is 0. The van der Waals surface area contributed by atoms with E-state index in [2.05, 4.69) is 187 Å². The fourth-order valence-corrected chi connectivity index (χ4v) is 8.36. The smallest absolute Gasteiger partial charge is 0.145 e. The van der Waals surface area contributed by atoms with Gasteiger partial charge in [-0.3, -0.25) is 4.57 Å². The number of para-hydroxylation sites is 3. The van der Waals surface area contributed by atoms with Crippen molar-refractivity contribution in [2.24, 2.45) is 0 Å². The predicted octanol–water partition coefficient (Wildman–Crippen LogP) is 13.9. The van der Waals surface area contributed by atoms with E-state index in [1.165, 1.54) is 43.8 Å². The first kappa shape index (κ1) is 30.4. The fraction of sp³-hybridized carbons (Fsp3) is 0. The Kier molecular flexibility index (Phi) is 6.86. The molecule has 0 fully saturated rings. The molecule has 0 unspecified atom stereocenters. The number of benzene rings is 9. The molecule has 0 spiro atoms. The first-order valence-electron chi connectivity index (χ1n) is 18.4. The van der Waals surface area contributed by atoms with Crippen LogP contribution in [0.25, 0.3) is 105 Å². The summed E-state index contributed by atoms with van der Waals surface area (Å²) in [7, 11) is 0. The minimum atomic E-state index is 0.897. The maximum absolute atomic E-state index is 6.27. The van der Waals surface area contributed by atoms with E-state index in [0.717, 1.165) is 61.2 Å². The van der Waals surface area contributed by atoms with Crippen molar-refractivity contribution in [3.8, 4) is 50.5 Å². The SMILES string of the molecule is c1ccc(-c2ccc3c(-c4cccc(-n5c(-c6ccccc6)nc6ccccc65)c4)c4ccccc4c(-c4ccc5oc6ccccc6c5c4)c3c2)cc1. The molecule has 2 heterocycles. The van der Waals surface area contributed by atoms with Crippen LogP contribution in [-0.2, 0) is 0 Å². The van der Waals surface area contributed by atoms with Crippen LogP contribution >= 0.6 is 0 Å². The summed E-state index contributed by atoms with van der Waals surface area (Å²) < 4.78 is 8.57. The Labute approximate surface area is 312 Å². The van der Waals surface area contributed by atoms with E-state index in [-0.39, 0.29) is 0 Å². The second kappa shape index (κ2) is 12.2. The summed E-state index contributed by atoms with van der Waals surface area (Å²) in [6, 6.07) is 69.3. The molecule has 54 heavy (non-hydrogen) atoms.